The van der Waals surface area contributed by atoms with Gasteiger partial charge in [0.25, 0.3) is 0 Å². The van der Waals surface area contributed by atoms with Crippen LogP contribution in [0.15, 0.2) is 36.4 Å². The highest BCUT2D eigenvalue weighted by Gasteiger charge is 2.05. The second-order valence-electron chi connectivity index (χ2n) is 4.83. The molecule has 0 radical (unpaired) electrons. The van der Waals surface area contributed by atoms with Gasteiger partial charge in [0.15, 0.2) is 11.5 Å². The molecule has 2 aromatic carbocycles. The SMILES string of the molecule is COc1ccc(CCNCc2cccc(Cl)c2Cl)cc1OC.Cl. The van der Waals surface area contributed by atoms with Gasteiger partial charge in [0, 0.05) is 6.54 Å². The van der Waals surface area contributed by atoms with Gasteiger partial charge in [-0.15, -0.1) is 12.4 Å². The summed E-state index contributed by atoms with van der Waals surface area (Å²) >= 11 is 12.2. The first-order valence-electron chi connectivity index (χ1n) is 7.00. The molecule has 2 rings (SSSR count). The predicted molar refractivity (Wildman–Crippen MR) is 98.7 cm³/mol. The van der Waals surface area contributed by atoms with E-state index in [0.717, 1.165) is 30.0 Å². The van der Waals surface area contributed by atoms with Crippen molar-refractivity contribution in [2.45, 2.75) is 13.0 Å². The third-order valence-electron chi connectivity index (χ3n) is 3.39. The van der Waals surface area contributed by atoms with E-state index < -0.39 is 0 Å². The van der Waals surface area contributed by atoms with Gasteiger partial charge in [0.2, 0.25) is 0 Å². The second-order valence-corrected chi connectivity index (χ2v) is 5.61. The second kappa shape index (κ2) is 9.89. The Morgan fingerprint density at radius 1 is 1.00 bits per heavy atom. The quantitative estimate of drug-likeness (QED) is 0.706. The van der Waals surface area contributed by atoms with E-state index in [1.165, 1.54) is 5.56 Å². The van der Waals surface area contributed by atoms with Gasteiger partial charge in [-0.3, -0.25) is 0 Å². The Balaban J connectivity index is 0.00000264. The van der Waals surface area contributed by atoms with Gasteiger partial charge in [0.1, 0.15) is 0 Å². The van der Waals surface area contributed by atoms with Gasteiger partial charge in [-0.2, -0.15) is 0 Å². The highest BCUT2D eigenvalue weighted by molar-refractivity contribution is 6.42. The fourth-order valence-corrected chi connectivity index (χ4v) is 2.56. The summed E-state index contributed by atoms with van der Waals surface area (Å²) in [5.74, 6) is 1.49. The van der Waals surface area contributed by atoms with Gasteiger partial charge in [-0.1, -0.05) is 41.4 Å². The van der Waals surface area contributed by atoms with Crippen molar-refractivity contribution < 1.29 is 9.47 Å². The van der Waals surface area contributed by atoms with Crippen molar-refractivity contribution in [1.29, 1.82) is 0 Å². The summed E-state index contributed by atoms with van der Waals surface area (Å²) in [5, 5.41) is 4.57. The van der Waals surface area contributed by atoms with E-state index in [2.05, 4.69) is 5.32 Å². The van der Waals surface area contributed by atoms with E-state index in [-0.39, 0.29) is 12.4 Å². The van der Waals surface area contributed by atoms with Crippen LogP contribution in [0.4, 0.5) is 0 Å². The fraction of sp³-hybridized carbons (Fsp3) is 0.294. The maximum atomic E-state index is 6.16. The number of nitrogens with one attached hydrogen (secondary N) is 1. The van der Waals surface area contributed by atoms with E-state index in [4.69, 9.17) is 32.7 Å². The Labute approximate surface area is 153 Å². The van der Waals surface area contributed by atoms with Gasteiger partial charge in [-0.25, -0.2) is 0 Å². The van der Waals surface area contributed by atoms with Crippen LogP contribution in [0.5, 0.6) is 11.5 Å². The molecule has 126 valence electrons. The van der Waals surface area contributed by atoms with Crippen LogP contribution in [0, 0.1) is 0 Å². The lowest BCUT2D eigenvalue weighted by molar-refractivity contribution is 0.354. The lowest BCUT2D eigenvalue weighted by atomic mass is 10.1. The fourth-order valence-electron chi connectivity index (χ4n) is 2.18. The molecule has 0 saturated heterocycles. The van der Waals surface area contributed by atoms with Gasteiger partial charge >= 0.3 is 0 Å². The Morgan fingerprint density at radius 2 is 1.74 bits per heavy atom. The monoisotopic (exact) mass is 375 g/mol. The lowest BCUT2D eigenvalue weighted by Gasteiger charge is -2.10. The molecule has 0 atom stereocenters. The molecule has 3 nitrogen and oxygen atoms in total. The molecule has 0 amide bonds. The Kier molecular flexibility index (Phi) is 8.56. The molecule has 0 spiro atoms. The van der Waals surface area contributed by atoms with Crippen LogP contribution in [0.2, 0.25) is 10.0 Å². The summed E-state index contributed by atoms with van der Waals surface area (Å²) in [5.41, 5.74) is 2.18. The predicted octanol–water partition coefficient (Wildman–Crippen LogP) is 4.76. The summed E-state index contributed by atoms with van der Waals surface area (Å²) in [6.07, 6.45) is 0.887. The average Bonchev–Trinajstić information content (AvgIpc) is 2.55. The Hall–Kier alpha value is -1.13. The number of benzene rings is 2. The molecule has 0 aliphatic heterocycles. The van der Waals surface area contributed by atoms with Crippen molar-refractivity contribution >= 4 is 35.6 Å². The Bertz CT molecular complexity index is 635. The van der Waals surface area contributed by atoms with Gasteiger partial charge < -0.3 is 14.8 Å². The summed E-state index contributed by atoms with van der Waals surface area (Å²) in [4.78, 5) is 0. The van der Waals surface area contributed by atoms with Crippen LogP contribution in [0.1, 0.15) is 11.1 Å². The molecule has 2 aromatic rings. The third kappa shape index (κ3) is 5.47. The smallest absolute Gasteiger partial charge is 0.160 e. The maximum Gasteiger partial charge on any atom is 0.160 e. The summed E-state index contributed by atoms with van der Waals surface area (Å²) in [6, 6.07) is 11.6. The molecule has 0 fully saturated rings. The standard InChI is InChI=1S/C17H19Cl2NO2.ClH/c1-21-15-7-6-12(10-16(15)22-2)8-9-20-11-13-4-3-5-14(18)17(13)19;/h3-7,10,20H,8-9,11H2,1-2H3;1H. The third-order valence-corrected chi connectivity index (χ3v) is 4.24. The first kappa shape index (κ1) is 19.9. The first-order valence-corrected chi connectivity index (χ1v) is 7.75. The molecule has 0 aromatic heterocycles. The van der Waals surface area contributed by atoms with Gasteiger partial charge in [0.05, 0.1) is 24.3 Å². The maximum absolute atomic E-state index is 6.16. The lowest BCUT2D eigenvalue weighted by Crippen LogP contribution is -2.17. The van der Waals surface area contributed by atoms with E-state index in [1.54, 1.807) is 20.3 Å². The van der Waals surface area contributed by atoms with Crippen LogP contribution in [-0.4, -0.2) is 20.8 Å². The zero-order chi connectivity index (χ0) is 15.9. The largest absolute Gasteiger partial charge is 0.493 e. The minimum Gasteiger partial charge on any atom is -0.493 e. The molecule has 0 unspecified atom stereocenters. The van der Waals surface area contributed by atoms with Crippen molar-refractivity contribution in [2.24, 2.45) is 0 Å². The molecule has 0 bridgehead atoms. The van der Waals surface area contributed by atoms with Crippen molar-refractivity contribution in [3.05, 3.63) is 57.6 Å². The minimum atomic E-state index is 0. The molecule has 1 N–H and O–H groups in total. The number of hydrogen-bond acceptors (Lipinski definition) is 3. The van der Waals surface area contributed by atoms with Crippen molar-refractivity contribution in [3.8, 4) is 11.5 Å². The average molecular weight is 377 g/mol. The topological polar surface area (TPSA) is 30.5 Å². The zero-order valence-corrected chi connectivity index (χ0v) is 15.4. The normalized spacial score (nSPS) is 10.1. The minimum absolute atomic E-state index is 0. The van der Waals surface area contributed by atoms with E-state index in [0.29, 0.717) is 16.6 Å². The number of hydrogen-bond donors (Lipinski definition) is 1. The summed E-state index contributed by atoms with van der Waals surface area (Å²) in [7, 11) is 3.27. The molecule has 0 heterocycles. The van der Waals surface area contributed by atoms with Crippen molar-refractivity contribution in [3.63, 3.8) is 0 Å². The van der Waals surface area contributed by atoms with Gasteiger partial charge in [-0.05, 0) is 42.3 Å². The van der Waals surface area contributed by atoms with Crippen LogP contribution in [0.3, 0.4) is 0 Å². The summed E-state index contributed by atoms with van der Waals surface area (Å²) in [6.45, 7) is 1.52. The van der Waals surface area contributed by atoms with Crippen LogP contribution >= 0.6 is 35.6 Å². The molecule has 23 heavy (non-hydrogen) atoms. The van der Waals surface area contributed by atoms with Crippen molar-refractivity contribution in [1.82, 2.24) is 5.32 Å². The van der Waals surface area contributed by atoms with Crippen LogP contribution in [-0.2, 0) is 13.0 Å². The van der Waals surface area contributed by atoms with E-state index in [9.17, 15) is 0 Å². The number of halogens is 3. The highest BCUT2D eigenvalue weighted by atomic mass is 35.5. The highest BCUT2D eigenvalue weighted by Crippen LogP contribution is 2.28. The number of rotatable bonds is 7. The van der Waals surface area contributed by atoms with E-state index >= 15 is 0 Å². The van der Waals surface area contributed by atoms with E-state index in [1.807, 2.05) is 30.3 Å². The van der Waals surface area contributed by atoms with Crippen LogP contribution < -0.4 is 14.8 Å². The molecule has 6 heteroatoms. The first-order chi connectivity index (χ1) is 10.7. The van der Waals surface area contributed by atoms with Crippen LogP contribution in [0.25, 0.3) is 0 Å². The van der Waals surface area contributed by atoms with Crippen molar-refractivity contribution in [2.75, 3.05) is 20.8 Å². The number of ether oxygens (including phenoxy) is 2. The number of methoxy groups -OCH3 is 2. The Morgan fingerprint density at radius 3 is 2.43 bits per heavy atom. The molecular formula is C17H20Cl3NO2. The molecule has 0 saturated carbocycles. The molecule has 0 aliphatic carbocycles. The summed E-state index contributed by atoms with van der Waals surface area (Å²) < 4.78 is 10.5. The molecular weight excluding hydrogens is 357 g/mol. The zero-order valence-electron chi connectivity index (χ0n) is 13.1. The molecule has 0 aliphatic rings.